The second-order valence-electron chi connectivity index (χ2n) is 5.18. The van der Waals surface area contributed by atoms with Crippen molar-refractivity contribution < 1.29 is 9.59 Å². The van der Waals surface area contributed by atoms with Gasteiger partial charge in [-0.25, -0.2) is 0 Å². The minimum atomic E-state index is -0.523. The molecule has 0 spiro atoms. The van der Waals surface area contributed by atoms with Gasteiger partial charge in [-0.3, -0.25) is 9.59 Å². The van der Waals surface area contributed by atoms with Gasteiger partial charge in [-0.1, -0.05) is 53.5 Å². The molecule has 0 N–H and O–H groups in total. The number of carbonyl (C=O) groups is 2. The number of hydrogen-bond donors (Lipinski definition) is 0. The lowest BCUT2D eigenvalue weighted by molar-refractivity contribution is 0.103. The Morgan fingerprint density at radius 3 is 1.79 bits per heavy atom. The number of rotatable bonds is 3. The van der Waals surface area contributed by atoms with Crippen LogP contribution in [0.25, 0.3) is 0 Å². The second-order valence-corrected chi connectivity index (χ2v) is 6.34. The third kappa shape index (κ3) is 4.94. The molecule has 1 aliphatic carbocycles. The van der Waals surface area contributed by atoms with Crippen LogP contribution < -0.4 is 0 Å². The van der Waals surface area contributed by atoms with Gasteiger partial charge in [0.2, 0.25) is 0 Å². The summed E-state index contributed by atoms with van der Waals surface area (Å²) in [6.45, 7) is 0. The molecule has 2 aromatic carbocycles. The normalized spacial score (nSPS) is 12.9. The molecule has 0 aromatic heterocycles. The van der Waals surface area contributed by atoms with E-state index in [1.807, 2.05) is 18.2 Å². The summed E-state index contributed by atoms with van der Waals surface area (Å²) in [6, 6.07) is 13.9. The number of allylic oxidation sites excluding steroid dienone is 2. The second kappa shape index (κ2) is 9.03. The summed E-state index contributed by atoms with van der Waals surface area (Å²) >= 11 is 16.7. The van der Waals surface area contributed by atoms with Crippen LogP contribution in [0.2, 0.25) is 10.0 Å². The van der Waals surface area contributed by atoms with Crippen molar-refractivity contribution in [2.45, 2.75) is 19.3 Å². The summed E-state index contributed by atoms with van der Waals surface area (Å²) in [5.74, 6) is 0.0908. The van der Waals surface area contributed by atoms with Crippen molar-refractivity contribution in [3.8, 4) is 0 Å². The molecule has 124 valence electrons. The molecule has 0 aliphatic heterocycles. The predicted molar refractivity (Wildman–Crippen MR) is 99.4 cm³/mol. The standard InChI is InChI=1S/C12H11ClO.C7H4Cl2O/c13-11-8-4-3-7-10(11)12(14)9-5-1-2-6-9;8-6-4-2-1-3-5(6)7(9)10/h3-5,7-8H,1-2,6H2;1-4H. The molecule has 0 heterocycles. The zero-order valence-corrected chi connectivity index (χ0v) is 15.0. The lowest BCUT2D eigenvalue weighted by atomic mass is 10.0. The van der Waals surface area contributed by atoms with Crippen LogP contribution in [-0.2, 0) is 0 Å². The van der Waals surface area contributed by atoms with E-state index >= 15 is 0 Å². The predicted octanol–water partition coefficient (Wildman–Crippen LogP) is 6.35. The van der Waals surface area contributed by atoms with Gasteiger partial charge in [0, 0.05) is 5.56 Å². The average molecular weight is 382 g/mol. The van der Waals surface area contributed by atoms with Crippen molar-refractivity contribution in [1.82, 2.24) is 0 Å². The molecule has 0 bridgehead atoms. The van der Waals surface area contributed by atoms with Crippen LogP contribution in [0.15, 0.2) is 60.2 Å². The number of benzene rings is 2. The molecule has 3 rings (SSSR count). The van der Waals surface area contributed by atoms with Crippen LogP contribution in [0, 0.1) is 0 Å². The molecule has 0 unspecified atom stereocenters. The monoisotopic (exact) mass is 380 g/mol. The fourth-order valence-electron chi connectivity index (χ4n) is 2.32. The highest BCUT2D eigenvalue weighted by Crippen LogP contribution is 2.25. The SMILES string of the molecule is O=C(C1=CCCC1)c1ccccc1Cl.O=C(Cl)c1ccccc1Cl. The zero-order chi connectivity index (χ0) is 17.5. The first-order chi connectivity index (χ1) is 11.5. The van der Waals surface area contributed by atoms with Crippen LogP contribution in [0.1, 0.15) is 40.0 Å². The Morgan fingerprint density at radius 2 is 1.38 bits per heavy atom. The van der Waals surface area contributed by atoms with Gasteiger partial charge in [0.05, 0.1) is 15.6 Å². The van der Waals surface area contributed by atoms with Crippen LogP contribution in [0.4, 0.5) is 0 Å². The Bertz CT molecular complexity index is 782. The minimum Gasteiger partial charge on any atom is -0.289 e. The maximum atomic E-state index is 11.9. The third-order valence-corrected chi connectivity index (χ3v) is 4.40. The van der Waals surface area contributed by atoms with Gasteiger partial charge in [-0.2, -0.15) is 0 Å². The van der Waals surface area contributed by atoms with E-state index in [-0.39, 0.29) is 5.78 Å². The molecule has 0 amide bonds. The molecule has 24 heavy (non-hydrogen) atoms. The van der Waals surface area contributed by atoms with Gasteiger partial charge in [0.15, 0.2) is 5.78 Å². The van der Waals surface area contributed by atoms with E-state index in [2.05, 4.69) is 0 Å². The Kier molecular flexibility index (Phi) is 7.04. The number of carbonyl (C=O) groups excluding carboxylic acids is 2. The molecular weight excluding hydrogens is 367 g/mol. The molecule has 1 aliphatic rings. The Labute approximate surface area is 156 Å². The van der Waals surface area contributed by atoms with Gasteiger partial charge in [-0.15, -0.1) is 0 Å². The average Bonchev–Trinajstić information content (AvgIpc) is 3.10. The summed E-state index contributed by atoms with van der Waals surface area (Å²) < 4.78 is 0. The topological polar surface area (TPSA) is 34.1 Å². The smallest absolute Gasteiger partial charge is 0.253 e. The van der Waals surface area contributed by atoms with Crippen LogP contribution in [-0.4, -0.2) is 11.0 Å². The van der Waals surface area contributed by atoms with Crippen molar-refractivity contribution in [3.05, 3.63) is 81.4 Å². The van der Waals surface area contributed by atoms with Crippen molar-refractivity contribution in [3.63, 3.8) is 0 Å². The van der Waals surface area contributed by atoms with E-state index < -0.39 is 5.24 Å². The maximum absolute atomic E-state index is 11.9. The van der Waals surface area contributed by atoms with Crippen molar-refractivity contribution in [2.75, 3.05) is 0 Å². The Morgan fingerprint density at radius 1 is 0.833 bits per heavy atom. The fraction of sp³-hybridized carbons (Fsp3) is 0.158. The summed E-state index contributed by atoms with van der Waals surface area (Å²) in [5.41, 5.74) is 1.89. The van der Waals surface area contributed by atoms with E-state index in [0.717, 1.165) is 24.8 Å². The van der Waals surface area contributed by atoms with E-state index in [1.165, 1.54) is 0 Å². The van der Waals surface area contributed by atoms with Gasteiger partial charge in [0.1, 0.15) is 0 Å². The molecule has 0 radical (unpaired) electrons. The molecule has 0 saturated carbocycles. The van der Waals surface area contributed by atoms with Gasteiger partial charge < -0.3 is 0 Å². The lowest BCUT2D eigenvalue weighted by Gasteiger charge is -2.03. The van der Waals surface area contributed by atoms with Gasteiger partial charge >= 0.3 is 0 Å². The minimum absolute atomic E-state index is 0.0908. The molecule has 5 heteroatoms. The van der Waals surface area contributed by atoms with E-state index in [4.69, 9.17) is 34.8 Å². The molecule has 0 atom stereocenters. The van der Waals surface area contributed by atoms with E-state index in [1.54, 1.807) is 36.4 Å². The number of Topliss-reactive ketones (excluding diaryl/α,β-unsaturated/α-hetero) is 1. The van der Waals surface area contributed by atoms with Crippen molar-refractivity contribution >= 4 is 45.8 Å². The molecule has 0 saturated heterocycles. The molecule has 2 nitrogen and oxygen atoms in total. The lowest BCUT2D eigenvalue weighted by Crippen LogP contribution is -2.01. The van der Waals surface area contributed by atoms with Crippen LogP contribution >= 0.6 is 34.8 Å². The molecule has 0 fully saturated rings. The number of hydrogen-bond acceptors (Lipinski definition) is 2. The largest absolute Gasteiger partial charge is 0.289 e. The summed E-state index contributed by atoms with van der Waals surface area (Å²) in [7, 11) is 0. The van der Waals surface area contributed by atoms with E-state index in [0.29, 0.717) is 21.2 Å². The third-order valence-electron chi connectivity index (χ3n) is 3.54. The first-order valence-electron chi connectivity index (χ1n) is 7.43. The van der Waals surface area contributed by atoms with Gasteiger partial charge in [-0.05, 0) is 60.7 Å². The first-order valence-corrected chi connectivity index (χ1v) is 8.56. The van der Waals surface area contributed by atoms with Crippen molar-refractivity contribution in [2.24, 2.45) is 0 Å². The summed E-state index contributed by atoms with van der Waals surface area (Å²) in [4.78, 5) is 22.5. The Hall–Kier alpha value is -1.61. The fourth-order valence-corrected chi connectivity index (χ4v) is 2.97. The molecule has 2 aromatic rings. The number of halogens is 3. The highest BCUT2D eigenvalue weighted by Gasteiger charge is 2.16. The Balaban J connectivity index is 0.000000185. The van der Waals surface area contributed by atoms with Crippen LogP contribution in [0.3, 0.4) is 0 Å². The highest BCUT2D eigenvalue weighted by molar-refractivity contribution is 6.68. The van der Waals surface area contributed by atoms with Gasteiger partial charge in [0.25, 0.3) is 5.24 Å². The summed E-state index contributed by atoms with van der Waals surface area (Å²) in [5, 5.41) is 0.415. The first kappa shape index (κ1) is 18.7. The maximum Gasteiger partial charge on any atom is 0.253 e. The van der Waals surface area contributed by atoms with Crippen LogP contribution in [0.5, 0.6) is 0 Å². The van der Waals surface area contributed by atoms with E-state index in [9.17, 15) is 9.59 Å². The van der Waals surface area contributed by atoms with Crippen molar-refractivity contribution in [1.29, 1.82) is 0 Å². The zero-order valence-electron chi connectivity index (χ0n) is 12.8. The highest BCUT2D eigenvalue weighted by atomic mass is 35.5. The quantitative estimate of drug-likeness (QED) is 0.458. The number of ketones is 1. The molecular formula is C19H15Cl3O2. The summed E-state index contributed by atoms with van der Waals surface area (Å²) in [6.07, 6.45) is 5.02.